The zero-order valence-corrected chi connectivity index (χ0v) is 14.1. The first-order valence-electron chi connectivity index (χ1n) is 8.28. The van der Waals surface area contributed by atoms with Gasteiger partial charge in [-0.2, -0.15) is 5.10 Å². The zero-order valence-electron chi connectivity index (χ0n) is 14.1. The van der Waals surface area contributed by atoms with E-state index in [9.17, 15) is 4.79 Å². The van der Waals surface area contributed by atoms with E-state index in [0.29, 0.717) is 19.0 Å². The number of carbonyl (C=O) groups is 1. The molecule has 0 aliphatic carbocycles. The van der Waals surface area contributed by atoms with Crippen LogP contribution in [0.25, 0.3) is 0 Å². The number of nitrogens with zero attached hydrogens (tertiary/aromatic N) is 4. The monoisotopic (exact) mass is 329 g/mol. The Bertz CT molecular complexity index is 700. The number of hydrogen-bond donors (Lipinski definition) is 1. The fourth-order valence-electron chi connectivity index (χ4n) is 3.07. The van der Waals surface area contributed by atoms with Crippen molar-refractivity contribution in [1.29, 1.82) is 0 Å². The summed E-state index contributed by atoms with van der Waals surface area (Å²) >= 11 is 0. The van der Waals surface area contributed by atoms with Crippen LogP contribution < -0.4 is 10.1 Å². The average Bonchev–Trinajstić information content (AvgIpc) is 3.22. The first kappa shape index (κ1) is 16.3. The second-order valence-electron chi connectivity index (χ2n) is 5.86. The normalized spacial score (nSPS) is 17.1. The van der Waals surface area contributed by atoms with Gasteiger partial charge >= 0.3 is 6.03 Å². The maximum absolute atomic E-state index is 12.6. The molecule has 3 rings (SSSR count). The van der Waals surface area contributed by atoms with Gasteiger partial charge in [0.05, 0.1) is 18.8 Å². The molecule has 0 aromatic carbocycles. The van der Waals surface area contributed by atoms with E-state index in [1.165, 1.54) is 0 Å². The maximum atomic E-state index is 12.6. The highest BCUT2D eigenvalue weighted by Crippen LogP contribution is 2.31. The highest BCUT2D eigenvalue weighted by molar-refractivity contribution is 5.75. The molecule has 2 aromatic rings. The third-order valence-corrected chi connectivity index (χ3v) is 4.18. The van der Waals surface area contributed by atoms with Crippen molar-refractivity contribution >= 4 is 6.03 Å². The summed E-state index contributed by atoms with van der Waals surface area (Å²) in [5, 5.41) is 7.20. The minimum Gasteiger partial charge on any atom is -0.478 e. The van der Waals surface area contributed by atoms with E-state index >= 15 is 0 Å². The highest BCUT2D eigenvalue weighted by Gasteiger charge is 2.30. The van der Waals surface area contributed by atoms with Crippen molar-refractivity contribution in [2.24, 2.45) is 7.05 Å². The lowest BCUT2D eigenvalue weighted by Gasteiger charge is -2.24. The van der Waals surface area contributed by atoms with Crippen molar-refractivity contribution in [2.45, 2.75) is 32.4 Å². The van der Waals surface area contributed by atoms with Gasteiger partial charge in [0, 0.05) is 43.7 Å². The van der Waals surface area contributed by atoms with Crippen LogP contribution in [0.5, 0.6) is 5.88 Å². The van der Waals surface area contributed by atoms with Gasteiger partial charge < -0.3 is 15.0 Å². The Morgan fingerprint density at radius 1 is 1.50 bits per heavy atom. The summed E-state index contributed by atoms with van der Waals surface area (Å²) in [6, 6.07) is 3.80. The number of nitrogens with one attached hydrogen (secondary N) is 1. The van der Waals surface area contributed by atoms with Crippen LogP contribution in [0.15, 0.2) is 30.7 Å². The summed E-state index contributed by atoms with van der Waals surface area (Å²) in [7, 11) is 1.89. The number of urea groups is 1. The predicted molar refractivity (Wildman–Crippen MR) is 89.5 cm³/mol. The van der Waals surface area contributed by atoms with E-state index in [2.05, 4.69) is 15.4 Å². The number of likely N-dealkylation sites (tertiary alicyclic amines) is 1. The molecule has 3 heterocycles. The zero-order chi connectivity index (χ0) is 16.9. The Morgan fingerprint density at radius 2 is 2.38 bits per heavy atom. The minimum absolute atomic E-state index is 0.0624. The van der Waals surface area contributed by atoms with Crippen LogP contribution in [0.4, 0.5) is 4.79 Å². The molecule has 128 valence electrons. The summed E-state index contributed by atoms with van der Waals surface area (Å²) in [6.07, 6.45) is 7.48. The molecule has 1 fully saturated rings. The van der Waals surface area contributed by atoms with Crippen LogP contribution in [0.2, 0.25) is 0 Å². The molecule has 7 heteroatoms. The van der Waals surface area contributed by atoms with Gasteiger partial charge in [0.1, 0.15) is 0 Å². The van der Waals surface area contributed by atoms with E-state index < -0.39 is 0 Å². The quantitative estimate of drug-likeness (QED) is 0.913. The van der Waals surface area contributed by atoms with Gasteiger partial charge in [-0.25, -0.2) is 9.78 Å². The van der Waals surface area contributed by atoms with E-state index in [0.717, 1.165) is 30.5 Å². The Morgan fingerprint density at radius 3 is 3.12 bits per heavy atom. The molecule has 1 aliphatic rings. The minimum atomic E-state index is -0.0624. The fraction of sp³-hybridized carbons (Fsp3) is 0.471. The van der Waals surface area contributed by atoms with Crippen LogP contribution in [0, 0.1) is 0 Å². The summed E-state index contributed by atoms with van der Waals surface area (Å²) < 4.78 is 7.27. The standard InChI is InChI=1S/C17H23N5O2/c1-3-24-16-13(6-4-8-18-16)10-19-17(23)22-9-5-7-15(22)14-11-20-21(2)12-14/h4,6,8,11-12,15H,3,5,7,9-10H2,1-2H3,(H,19,23). The predicted octanol–water partition coefficient (Wildman–Crippen LogP) is 2.26. The molecule has 0 bridgehead atoms. The van der Waals surface area contributed by atoms with Crippen molar-refractivity contribution in [3.05, 3.63) is 41.9 Å². The third kappa shape index (κ3) is 3.50. The van der Waals surface area contributed by atoms with E-state index in [1.54, 1.807) is 10.9 Å². The van der Waals surface area contributed by atoms with Crippen molar-refractivity contribution in [2.75, 3.05) is 13.2 Å². The van der Waals surface area contributed by atoms with Crippen molar-refractivity contribution in [3.8, 4) is 5.88 Å². The molecule has 1 unspecified atom stereocenters. The van der Waals surface area contributed by atoms with Crippen LogP contribution in [-0.2, 0) is 13.6 Å². The molecule has 24 heavy (non-hydrogen) atoms. The van der Waals surface area contributed by atoms with E-state index in [-0.39, 0.29) is 12.1 Å². The lowest BCUT2D eigenvalue weighted by Crippen LogP contribution is -2.39. The van der Waals surface area contributed by atoms with E-state index in [1.807, 2.05) is 43.4 Å². The number of hydrogen-bond acceptors (Lipinski definition) is 4. The first-order chi connectivity index (χ1) is 11.7. The average molecular weight is 329 g/mol. The molecule has 2 amide bonds. The molecule has 0 radical (unpaired) electrons. The Balaban J connectivity index is 1.64. The molecule has 0 saturated carbocycles. The van der Waals surface area contributed by atoms with Gasteiger partial charge in [-0.05, 0) is 25.8 Å². The van der Waals surface area contributed by atoms with Crippen molar-refractivity contribution < 1.29 is 9.53 Å². The number of amides is 2. The molecule has 1 saturated heterocycles. The molecule has 1 atom stereocenters. The topological polar surface area (TPSA) is 72.3 Å². The molecule has 2 aromatic heterocycles. The Kier molecular flexibility index (Phi) is 4.98. The third-order valence-electron chi connectivity index (χ3n) is 4.18. The van der Waals surface area contributed by atoms with Crippen LogP contribution in [0.3, 0.4) is 0 Å². The van der Waals surface area contributed by atoms with Gasteiger partial charge in [-0.3, -0.25) is 4.68 Å². The van der Waals surface area contributed by atoms with Gasteiger partial charge in [-0.1, -0.05) is 6.07 Å². The molecule has 1 aliphatic heterocycles. The lowest BCUT2D eigenvalue weighted by atomic mass is 10.1. The molecular weight excluding hydrogens is 306 g/mol. The Labute approximate surface area is 141 Å². The maximum Gasteiger partial charge on any atom is 0.318 e. The van der Waals surface area contributed by atoms with Crippen LogP contribution in [0.1, 0.15) is 36.9 Å². The summed E-state index contributed by atoms with van der Waals surface area (Å²) in [4.78, 5) is 18.7. The number of rotatable bonds is 5. The Hall–Kier alpha value is -2.57. The van der Waals surface area contributed by atoms with Gasteiger partial charge in [0.15, 0.2) is 0 Å². The first-order valence-corrected chi connectivity index (χ1v) is 8.28. The second-order valence-corrected chi connectivity index (χ2v) is 5.86. The van der Waals surface area contributed by atoms with Crippen molar-refractivity contribution in [1.82, 2.24) is 25.0 Å². The number of pyridine rings is 1. The second kappa shape index (κ2) is 7.33. The van der Waals surface area contributed by atoms with Gasteiger partial charge in [-0.15, -0.1) is 0 Å². The highest BCUT2D eigenvalue weighted by atomic mass is 16.5. The SMILES string of the molecule is CCOc1ncccc1CNC(=O)N1CCCC1c1cnn(C)c1. The van der Waals surface area contributed by atoms with Gasteiger partial charge in [0.2, 0.25) is 5.88 Å². The van der Waals surface area contributed by atoms with Crippen LogP contribution in [-0.4, -0.2) is 38.8 Å². The van der Waals surface area contributed by atoms with Gasteiger partial charge in [0.25, 0.3) is 0 Å². The van der Waals surface area contributed by atoms with E-state index in [4.69, 9.17) is 4.74 Å². The summed E-state index contributed by atoms with van der Waals surface area (Å²) in [6.45, 7) is 3.63. The summed E-state index contributed by atoms with van der Waals surface area (Å²) in [5.41, 5.74) is 1.96. The number of ether oxygens (including phenoxy) is 1. The number of carbonyl (C=O) groups excluding carboxylic acids is 1. The van der Waals surface area contributed by atoms with Crippen molar-refractivity contribution in [3.63, 3.8) is 0 Å². The van der Waals surface area contributed by atoms with Crippen LogP contribution >= 0.6 is 0 Å². The summed E-state index contributed by atoms with van der Waals surface area (Å²) in [5.74, 6) is 0.575. The largest absolute Gasteiger partial charge is 0.478 e. The fourth-order valence-corrected chi connectivity index (χ4v) is 3.07. The number of aryl methyl sites for hydroxylation is 1. The lowest BCUT2D eigenvalue weighted by molar-refractivity contribution is 0.192. The smallest absolute Gasteiger partial charge is 0.318 e. The number of aromatic nitrogens is 3. The molecule has 7 nitrogen and oxygen atoms in total. The molecule has 0 spiro atoms. The molecule has 1 N–H and O–H groups in total. The molecular formula is C17H23N5O2.